The number of pyridine rings is 2. The van der Waals surface area contributed by atoms with Crippen molar-refractivity contribution in [2.75, 3.05) is 54.4 Å². The molecule has 0 atom stereocenters. The van der Waals surface area contributed by atoms with Crippen LogP contribution in [0.4, 0.5) is 22.9 Å². The van der Waals surface area contributed by atoms with Crippen LogP contribution < -0.4 is 25.4 Å². The lowest BCUT2D eigenvalue weighted by molar-refractivity contribution is 0.0980. The van der Waals surface area contributed by atoms with Gasteiger partial charge < -0.3 is 29.5 Å². The molecule has 0 unspecified atom stereocenters. The number of hydrogen-bond donors (Lipinski definition) is 2. The Labute approximate surface area is 262 Å². The fraction of sp³-hybridized carbons (Fsp3) is 0.303. The maximum Gasteiger partial charge on any atom is 0.274 e. The van der Waals surface area contributed by atoms with Crippen molar-refractivity contribution < 1.29 is 23.1 Å². The number of sulfone groups is 1. The first-order valence-electron chi connectivity index (χ1n) is 14.5. The highest BCUT2D eigenvalue weighted by Crippen LogP contribution is 2.35. The van der Waals surface area contributed by atoms with E-state index in [0.29, 0.717) is 58.9 Å². The number of nitrogens with zero attached hydrogens (tertiary/aromatic N) is 4. The monoisotopic (exact) mass is 631 g/mol. The summed E-state index contributed by atoms with van der Waals surface area (Å²) >= 11 is 0. The van der Waals surface area contributed by atoms with Crippen LogP contribution in [0.15, 0.2) is 71.8 Å². The number of rotatable bonds is 11. The van der Waals surface area contributed by atoms with Gasteiger partial charge in [-0.25, -0.2) is 13.4 Å². The van der Waals surface area contributed by atoms with Crippen molar-refractivity contribution in [1.29, 1.82) is 0 Å². The molecule has 2 aromatic carbocycles. The zero-order chi connectivity index (χ0) is 32.3. The van der Waals surface area contributed by atoms with Gasteiger partial charge in [0.2, 0.25) is 0 Å². The molecule has 0 radical (unpaired) electrons. The number of fused-ring (bicyclic) bond motifs is 1. The van der Waals surface area contributed by atoms with Crippen LogP contribution in [0.1, 0.15) is 27.9 Å². The Balaban J connectivity index is 1.39. The molecule has 0 saturated carbocycles. The molecule has 1 aliphatic rings. The quantitative estimate of drug-likeness (QED) is 0.237. The van der Waals surface area contributed by atoms with Gasteiger partial charge >= 0.3 is 0 Å². The number of aliphatic hydroxyl groups is 1. The van der Waals surface area contributed by atoms with Crippen molar-refractivity contribution in [2.45, 2.75) is 19.4 Å². The van der Waals surface area contributed by atoms with E-state index in [0.717, 1.165) is 11.3 Å². The van der Waals surface area contributed by atoms with E-state index in [1.54, 1.807) is 36.3 Å². The summed E-state index contributed by atoms with van der Waals surface area (Å²) in [6, 6.07) is 16.4. The molecule has 5 rings (SSSR count). The number of aliphatic hydroxyl groups excluding tert-OH is 1. The summed E-state index contributed by atoms with van der Waals surface area (Å²) < 4.78 is 29.6. The summed E-state index contributed by atoms with van der Waals surface area (Å²) in [4.78, 5) is 34.8. The molecule has 45 heavy (non-hydrogen) atoms. The number of benzene rings is 2. The van der Waals surface area contributed by atoms with Gasteiger partial charge in [0.15, 0.2) is 0 Å². The van der Waals surface area contributed by atoms with Crippen LogP contribution in [-0.2, 0) is 29.9 Å². The highest BCUT2D eigenvalue weighted by atomic mass is 32.2. The standard InChI is InChI=1S/C33H37N5O6S/c1-36(2)24-9-11-27-22(17-24)13-14-38(32(27)40)30-8-5-7-26(28(30)21-39)23-18-29(33(41)37(3)20-23)35-31-12-10-25(19-34-31)44-15-6-16-45(4,42)43/h5,7-12,17-20,39H,6,13-16,21H2,1-4H3,(H,34,35). The van der Waals surface area contributed by atoms with Gasteiger partial charge in [-0.15, -0.1) is 0 Å². The van der Waals surface area contributed by atoms with Gasteiger partial charge in [0.25, 0.3) is 11.5 Å². The minimum Gasteiger partial charge on any atom is -0.492 e. The fourth-order valence-electron chi connectivity index (χ4n) is 5.38. The molecule has 1 amide bonds. The van der Waals surface area contributed by atoms with Gasteiger partial charge in [-0.2, -0.15) is 0 Å². The fourth-order valence-corrected chi connectivity index (χ4v) is 6.03. The molecule has 0 spiro atoms. The van der Waals surface area contributed by atoms with Crippen LogP contribution in [0.5, 0.6) is 5.75 Å². The number of aromatic nitrogens is 2. The molecule has 1 aliphatic heterocycles. The van der Waals surface area contributed by atoms with Crippen molar-refractivity contribution in [2.24, 2.45) is 7.05 Å². The van der Waals surface area contributed by atoms with E-state index in [1.165, 1.54) is 17.0 Å². The first-order chi connectivity index (χ1) is 21.4. The van der Waals surface area contributed by atoms with E-state index in [9.17, 15) is 23.1 Å². The first kappa shape index (κ1) is 31.7. The van der Waals surface area contributed by atoms with Crippen LogP contribution in [0.2, 0.25) is 0 Å². The van der Waals surface area contributed by atoms with Crippen LogP contribution in [0, 0.1) is 0 Å². The third kappa shape index (κ3) is 7.18. The van der Waals surface area contributed by atoms with Gasteiger partial charge in [0.05, 0.1) is 30.9 Å². The molecule has 4 aromatic rings. The van der Waals surface area contributed by atoms with E-state index in [2.05, 4.69) is 10.3 Å². The Morgan fingerprint density at radius 3 is 2.56 bits per heavy atom. The lowest BCUT2D eigenvalue weighted by Crippen LogP contribution is -2.38. The molecule has 0 aliphatic carbocycles. The summed E-state index contributed by atoms with van der Waals surface area (Å²) in [6.07, 6.45) is 5.44. The van der Waals surface area contributed by atoms with Crippen molar-refractivity contribution in [3.8, 4) is 16.9 Å². The Kier molecular flexibility index (Phi) is 9.26. The van der Waals surface area contributed by atoms with E-state index >= 15 is 0 Å². The summed E-state index contributed by atoms with van der Waals surface area (Å²) in [5.41, 5.74) is 5.26. The van der Waals surface area contributed by atoms with Gasteiger partial charge in [0.1, 0.15) is 27.1 Å². The van der Waals surface area contributed by atoms with Crippen LogP contribution in [0.3, 0.4) is 0 Å². The highest BCUT2D eigenvalue weighted by Gasteiger charge is 2.28. The van der Waals surface area contributed by atoms with Crippen molar-refractivity contribution in [1.82, 2.24) is 9.55 Å². The summed E-state index contributed by atoms with van der Waals surface area (Å²) in [7, 11) is 2.53. The third-order valence-electron chi connectivity index (χ3n) is 7.71. The molecule has 236 valence electrons. The van der Waals surface area contributed by atoms with Crippen LogP contribution >= 0.6 is 0 Å². The molecular weight excluding hydrogens is 594 g/mol. The number of aryl methyl sites for hydroxylation is 1. The smallest absolute Gasteiger partial charge is 0.274 e. The molecular formula is C33H37N5O6S. The van der Waals surface area contributed by atoms with Crippen molar-refractivity contribution in [3.05, 3.63) is 94.0 Å². The lowest BCUT2D eigenvalue weighted by atomic mass is 9.94. The van der Waals surface area contributed by atoms with E-state index < -0.39 is 9.84 Å². The minimum atomic E-state index is -3.05. The molecule has 0 saturated heterocycles. The van der Waals surface area contributed by atoms with E-state index in [-0.39, 0.29) is 36.1 Å². The normalized spacial score (nSPS) is 13.0. The van der Waals surface area contributed by atoms with Crippen molar-refractivity contribution in [3.63, 3.8) is 0 Å². The molecule has 2 aromatic heterocycles. The van der Waals surface area contributed by atoms with E-state index in [1.807, 2.05) is 55.4 Å². The van der Waals surface area contributed by atoms with Gasteiger partial charge in [-0.1, -0.05) is 12.1 Å². The number of nitrogens with one attached hydrogen (secondary N) is 1. The molecule has 0 bridgehead atoms. The topological polar surface area (TPSA) is 134 Å². The summed E-state index contributed by atoms with van der Waals surface area (Å²) in [5, 5.41) is 13.6. The number of carbonyl (C=O) groups excluding carboxylic acids is 1. The molecule has 0 fully saturated rings. The molecule has 3 heterocycles. The number of amides is 1. The van der Waals surface area contributed by atoms with Crippen molar-refractivity contribution >= 4 is 38.6 Å². The molecule has 12 heteroatoms. The maximum absolute atomic E-state index is 13.6. The van der Waals surface area contributed by atoms with Gasteiger partial charge in [-0.05, 0) is 66.4 Å². The second-order valence-electron chi connectivity index (χ2n) is 11.3. The average Bonchev–Trinajstić information content (AvgIpc) is 3.01. The molecule has 2 N–H and O–H groups in total. The second kappa shape index (κ2) is 13.1. The third-order valence-corrected chi connectivity index (χ3v) is 8.74. The average molecular weight is 632 g/mol. The second-order valence-corrected chi connectivity index (χ2v) is 13.6. The zero-order valence-corrected chi connectivity index (χ0v) is 26.6. The van der Waals surface area contributed by atoms with Gasteiger partial charge in [-0.3, -0.25) is 9.59 Å². The van der Waals surface area contributed by atoms with Crippen LogP contribution in [0.25, 0.3) is 11.1 Å². The number of carbonyl (C=O) groups is 1. The summed E-state index contributed by atoms with van der Waals surface area (Å²) in [6.45, 7) is 0.409. The predicted molar refractivity (Wildman–Crippen MR) is 177 cm³/mol. The van der Waals surface area contributed by atoms with Gasteiger partial charge in [0, 0.05) is 62.5 Å². The highest BCUT2D eigenvalue weighted by molar-refractivity contribution is 7.90. The minimum absolute atomic E-state index is 0.0424. The largest absolute Gasteiger partial charge is 0.492 e. The van der Waals surface area contributed by atoms with Crippen LogP contribution in [-0.4, -0.2) is 68.2 Å². The summed E-state index contributed by atoms with van der Waals surface area (Å²) in [5.74, 6) is 0.817. The lowest BCUT2D eigenvalue weighted by Gasteiger charge is -2.31. The maximum atomic E-state index is 13.6. The Morgan fingerprint density at radius 2 is 1.87 bits per heavy atom. The Bertz CT molecular complexity index is 1890. The first-order valence-corrected chi connectivity index (χ1v) is 16.6. The number of hydrogen-bond acceptors (Lipinski definition) is 9. The molecule has 11 nitrogen and oxygen atoms in total. The SMILES string of the molecule is CN(C)c1ccc2c(c1)CCN(c1cccc(-c3cc(Nc4ccc(OCCCS(C)(=O)=O)cn4)c(=O)n(C)c3)c1CO)C2=O. The number of anilines is 4. The van der Waals surface area contributed by atoms with E-state index in [4.69, 9.17) is 4.74 Å². The zero-order valence-electron chi connectivity index (χ0n) is 25.8. The number of ether oxygens (including phenoxy) is 1. The Hall–Kier alpha value is -4.68. The predicted octanol–water partition coefficient (Wildman–Crippen LogP) is 3.77. The Morgan fingerprint density at radius 1 is 1.07 bits per heavy atom.